The number of benzene rings is 1. The van der Waals surface area contributed by atoms with Crippen molar-refractivity contribution in [2.75, 3.05) is 13.1 Å². The first-order valence-electron chi connectivity index (χ1n) is 6.89. The molecule has 110 valence electrons. The Balaban J connectivity index is 1.76. The largest absolute Gasteiger partial charge is 0.338 e. The monoisotopic (exact) mass is 351 g/mol. The third kappa shape index (κ3) is 3.00. The molecule has 1 atom stereocenters. The zero-order valence-corrected chi connectivity index (χ0v) is 12.9. The zero-order valence-electron chi connectivity index (χ0n) is 11.4. The van der Waals surface area contributed by atoms with Crippen LogP contribution in [0.25, 0.3) is 0 Å². The maximum atomic E-state index is 13.3. The van der Waals surface area contributed by atoms with Crippen LogP contribution < -0.4 is 0 Å². The predicted molar refractivity (Wildman–Crippen MR) is 80.6 cm³/mol. The number of hydrogen-bond donors (Lipinski definition) is 1. The standard InChI is InChI=1S/C15H15BrFN3O/c16-12-8-10(3-4-13(12)17)15(21)20-7-1-2-11(9-20)14-5-6-18-19-14/h3-6,8,11H,1-2,7,9H2,(H,18,19). The van der Waals surface area contributed by atoms with Crippen molar-refractivity contribution in [2.24, 2.45) is 0 Å². The van der Waals surface area contributed by atoms with Gasteiger partial charge in [0.15, 0.2) is 0 Å². The summed E-state index contributed by atoms with van der Waals surface area (Å²) < 4.78 is 13.6. The maximum absolute atomic E-state index is 13.3. The van der Waals surface area contributed by atoms with E-state index in [0.717, 1.165) is 25.1 Å². The molecular formula is C15H15BrFN3O. The normalized spacial score (nSPS) is 18.8. The second-order valence-electron chi connectivity index (χ2n) is 5.23. The van der Waals surface area contributed by atoms with Crippen LogP contribution in [0.3, 0.4) is 0 Å². The highest BCUT2D eigenvalue weighted by atomic mass is 79.9. The number of carbonyl (C=O) groups excluding carboxylic acids is 1. The van der Waals surface area contributed by atoms with Crippen molar-refractivity contribution >= 4 is 21.8 Å². The van der Waals surface area contributed by atoms with E-state index in [2.05, 4.69) is 26.1 Å². The smallest absolute Gasteiger partial charge is 0.253 e. The number of hydrogen-bond acceptors (Lipinski definition) is 2. The van der Waals surface area contributed by atoms with Crippen molar-refractivity contribution in [3.63, 3.8) is 0 Å². The van der Waals surface area contributed by atoms with Gasteiger partial charge in [-0.2, -0.15) is 5.10 Å². The second kappa shape index (κ2) is 5.97. The van der Waals surface area contributed by atoms with Gasteiger partial charge in [-0.3, -0.25) is 9.89 Å². The third-order valence-electron chi connectivity index (χ3n) is 3.84. The molecule has 21 heavy (non-hydrogen) atoms. The number of carbonyl (C=O) groups is 1. The SMILES string of the molecule is O=C(c1ccc(F)c(Br)c1)N1CCCC(c2ccn[nH]2)C1. The van der Waals surface area contributed by atoms with Crippen LogP contribution in [-0.4, -0.2) is 34.1 Å². The molecule has 1 fully saturated rings. The van der Waals surface area contributed by atoms with Crippen LogP contribution in [0.1, 0.15) is 34.8 Å². The van der Waals surface area contributed by atoms with E-state index in [1.54, 1.807) is 6.20 Å². The van der Waals surface area contributed by atoms with Crippen molar-refractivity contribution < 1.29 is 9.18 Å². The molecule has 1 saturated heterocycles. The van der Waals surface area contributed by atoms with Crippen molar-refractivity contribution in [1.82, 2.24) is 15.1 Å². The Morgan fingerprint density at radius 3 is 3.00 bits per heavy atom. The molecule has 2 heterocycles. The van der Waals surface area contributed by atoms with Crippen molar-refractivity contribution in [1.29, 1.82) is 0 Å². The van der Waals surface area contributed by atoms with Gasteiger partial charge in [-0.1, -0.05) is 0 Å². The van der Waals surface area contributed by atoms with Gasteiger partial charge in [0.05, 0.1) is 4.47 Å². The van der Waals surface area contributed by atoms with Gasteiger partial charge in [-0.05, 0) is 53.0 Å². The predicted octanol–water partition coefficient (Wildman–Crippen LogP) is 3.33. The highest BCUT2D eigenvalue weighted by molar-refractivity contribution is 9.10. The molecule has 0 aliphatic carbocycles. The third-order valence-corrected chi connectivity index (χ3v) is 4.44. The molecule has 4 nitrogen and oxygen atoms in total. The van der Waals surface area contributed by atoms with E-state index in [4.69, 9.17) is 0 Å². The molecule has 0 saturated carbocycles. The van der Waals surface area contributed by atoms with Gasteiger partial charge in [0.1, 0.15) is 5.82 Å². The minimum absolute atomic E-state index is 0.0556. The first-order chi connectivity index (χ1) is 10.1. The fourth-order valence-electron chi connectivity index (χ4n) is 2.72. The summed E-state index contributed by atoms with van der Waals surface area (Å²) in [5, 5.41) is 6.95. The summed E-state index contributed by atoms with van der Waals surface area (Å²) in [5.74, 6) is -0.130. The lowest BCUT2D eigenvalue weighted by atomic mass is 9.94. The summed E-state index contributed by atoms with van der Waals surface area (Å²) in [4.78, 5) is 14.4. The van der Waals surface area contributed by atoms with Gasteiger partial charge < -0.3 is 4.90 Å². The molecule has 0 spiro atoms. The summed E-state index contributed by atoms with van der Waals surface area (Å²) in [6, 6.07) is 6.33. The number of nitrogens with one attached hydrogen (secondary N) is 1. The molecule has 1 aromatic heterocycles. The quantitative estimate of drug-likeness (QED) is 0.901. The van der Waals surface area contributed by atoms with Crippen molar-refractivity contribution in [3.8, 4) is 0 Å². The minimum Gasteiger partial charge on any atom is -0.338 e. The molecule has 3 rings (SSSR count). The van der Waals surface area contributed by atoms with Crippen LogP contribution in [0.2, 0.25) is 0 Å². The van der Waals surface area contributed by atoms with Crippen LogP contribution in [-0.2, 0) is 0 Å². The number of likely N-dealkylation sites (tertiary alicyclic amines) is 1. The maximum Gasteiger partial charge on any atom is 0.253 e. The Hall–Kier alpha value is -1.69. The molecule has 0 bridgehead atoms. The van der Waals surface area contributed by atoms with Crippen molar-refractivity contribution in [3.05, 3.63) is 52.0 Å². The fraction of sp³-hybridized carbons (Fsp3) is 0.333. The Bertz CT molecular complexity index is 644. The van der Waals surface area contributed by atoms with Gasteiger partial charge in [0.25, 0.3) is 5.91 Å². The lowest BCUT2D eigenvalue weighted by molar-refractivity contribution is 0.0705. The van der Waals surface area contributed by atoms with Gasteiger partial charge in [0.2, 0.25) is 0 Å². The van der Waals surface area contributed by atoms with Crippen LogP contribution in [0, 0.1) is 5.82 Å². The minimum atomic E-state index is -0.361. The lowest BCUT2D eigenvalue weighted by Gasteiger charge is -2.32. The number of piperidine rings is 1. The number of aromatic nitrogens is 2. The van der Waals surface area contributed by atoms with Crippen LogP contribution in [0.4, 0.5) is 4.39 Å². The highest BCUT2D eigenvalue weighted by Gasteiger charge is 2.26. The van der Waals surface area contributed by atoms with E-state index in [1.807, 2.05) is 11.0 Å². The van der Waals surface area contributed by atoms with E-state index in [-0.39, 0.29) is 17.6 Å². The zero-order chi connectivity index (χ0) is 14.8. The van der Waals surface area contributed by atoms with E-state index in [0.29, 0.717) is 16.6 Å². The first-order valence-corrected chi connectivity index (χ1v) is 7.68. The highest BCUT2D eigenvalue weighted by Crippen LogP contribution is 2.27. The molecule has 6 heteroatoms. The summed E-state index contributed by atoms with van der Waals surface area (Å²) in [7, 11) is 0. The Kier molecular flexibility index (Phi) is 4.05. The van der Waals surface area contributed by atoms with Crippen molar-refractivity contribution in [2.45, 2.75) is 18.8 Å². The number of halogens is 2. The van der Waals surface area contributed by atoms with Gasteiger partial charge in [0, 0.05) is 36.5 Å². The summed E-state index contributed by atoms with van der Waals surface area (Å²) in [6.07, 6.45) is 3.73. The topological polar surface area (TPSA) is 49.0 Å². The van der Waals surface area contributed by atoms with Gasteiger partial charge in [-0.15, -0.1) is 0 Å². The molecular weight excluding hydrogens is 337 g/mol. The number of H-pyrrole nitrogens is 1. The number of amides is 1. The average molecular weight is 352 g/mol. The number of nitrogens with zero attached hydrogens (tertiary/aromatic N) is 2. The summed E-state index contributed by atoms with van der Waals surface area (Å²) >= 11 is 3.12. The molecule has 1 unspecified atom stereocenters. The molecule has 1 amide bonds. The van der Waals surface area contributed by atoms with Crippen LogP contribution >= 0.6 is 15.9 Å². The van der Waals surface area contributed by atoms with E-state index < -0.39 is 0 Å². The van der Waals surface area contributed by atoms with E-state index >= 15 is 0 Å². The van der Waals surface area contributed by atoms with Gasteiger partial charge >= 0.3 is 0 Å². The molecule has 0 radical (unpaired) electrons. The Labute approximate surface area is 130 Å². The lowest BCUT2D eigenvalue weighted by Crippen LogP contribution is -2.39. The number of rotatable bonds is 2. The average Bonchev–Trinajstić information content (AvgIpc) is 3.04. The molecule has 1 aliphatic heterocycles. The Morgan fingerprint density at radius 1 is 1.43 bits per heavy atom. The van der Waals surface area contributed by atoms with Crippen LogP contribution in [0.5, 0.6) is 0 Å². The molecule has 2 aromatic rings. The van der Waals surface area contributed by atoms with Gasteiger partial charge in [-0.25, -0.2) is 4.39 Å². The molecule has 1 aromatic carbocycles. The number of aromatic amines is 1. The molecule has 1 aliphatic rings. The summed E-state index contributed by atoms with van der Waals surface area (Å²) in [6.45, 7) is 1.40. The Morgan fingerprint density at radius 2 is 2.29 bits per heavy atom. The molecule has 1 N–H and O–H groups in total. The fourth-order valence-corrected chi connectivity index (χ4v) is 3.10. The summed E-state index contributed by atoms with van der Waals surface area (Å²) in [5.41, 5.74) is 1.57. The van der Waals surface area contributed by atoms with Crippen LogP contribution in [0.15, 0.2) is 34.9 Å². The van der Waals surface area contributed by atoms with E-state index in [1.165, 1.54) is 18.2 Å². The second-order valence-corrected chi connectivity index (χ2v) is 6.09. The van der Waals surface area contributed by atoms with E-state index in [9.17, 15) is 9.18 Å². The first kappa shape index (κ1) is 14.3.